The van der Waals surface area contributed by atoms with Gasteiger partial charge in [0.2, 0.25) is 0 Å². The number of aliphatic hydroxyl groups is 1. The van der Waals surface area contributed by atoms with Gasteiger partial charge in [0.15, 0.2) is 0 Å². The number of allylic oxidation sites excluding steroid dienone is 1. The number of ether oxygens (including phenoxy) is 2. The summed E-state index contributed by atoms with van der Waals surface area (Å²) in [7, 11) is 1.34. The van der Waals surface area contributed by atoms with Crippen LogP contribution in [0.4, 0.5) is 0 Å². The largest absolute Gasteiger partial charge is 0.472 e. The Labute approximate surface area is 199 Å². The summed E-state index contributed by atoms with van der Waals surface area (Å²) >= 11 is 0. The Balaban J connectivity index is 1.66. The summed E-state index contributed by atoms with van der Waals surface area (Å²) in [5.41, 5.74) is 0.533. The molecule has 0 amide bonds. The van der Waals surface area contributed by atoms with Crippen molar-refractivity contribution in [2.24, 2.45) is 34.0 Å². The number of ketones is 1. The average Bonchev–Trinajstić information content (AvgIpc) is 3.32. The molecule has 0 saturated heterocycles. The number of carbonyl (C=O) groups excluding carboxylic acids is 3. The van der Waals surface area contributed by atoms with Crippen molar-refractivity contribution >= 4 is 17.7 Å². The zero-order valence-electron chi connectivity index (χ0n) is 20.3. The number of rotatable bonds is 3. The number of cyclic esters (lactones) is 1. The van der Waals surface area contributed by atoms with E-state index in [0.717, 1.165) is 16.7 Å². The molecule has 0 aromatic carbocycles. The van der Waals surface area contributed by atoms with Crippen LogP contribution in [0, 0.1) is 34.0 Å². The van der Waals surface area contributed by atoms with Crippen molar-refractivity contribution in [1.82, 2.24) is 0 Å². The minimum Gasteiger partial charge on any atom is -0.472 e. The highest BCUT2D eigenvalue weighted by Crippen LogP contribution is 2.67. The van der Waals surface area contributed by atoms with Crippen LogP contribution in [0.25, 0.3) is 0 Å². The summed E-state index contributed by atoms with van der Waals surface area (Å²) in [5.74, 6) is -2.14. The maximum absolute atomic E-state index is 13.8. The Morgan fingerprint density at radius 1 is 1.24 bits per heavy atom. The van der Waals surface area contributed by atoms with Crippen LogP contribution in [-0.2, 0) is 23.9 Å². The minimum atomic E-state index is -0.954. The Morgan fingerprint density at radius 3 is 2.62 bits per heavy atom. The predicted octanol–water partition coefficient (Wildman–Crippen LogP) is 3.93. The maximum atomic E-state index is 13.8. The Hall–Kier alpha value is -2.67. The first-order valence-electron chi connectivity index (χ1n) is 11.9. The van der Waals surface area contributed by atoms with Gasteiger partial charge in [-0.25, -0.2) is 4.79 Å². The molecule has 7 heteroatoms. The average molecular weight is 469 g/mol. The van der Waals surface area contributed by atoms with Crippen LogP contribution in [0.15, 0.2) is 46.3 Å². The van der Waals surface area contributed by atoms with Crippen LogP contribution in [0.5, 0.6) is 0 Å². The first kappa shape index (κ1) is 23.1. The van der Waals surface area contributed by atoms with Crippen molar-refractivity contribution in [3.63, 3.8) is 0 Å². The summed E-state index contributed by atoms with van der Waals surface area (Å²) in [6.07, 6.45) is 6.61. The predicted molar refractivity (Wildman–Crippen MR) is 121 cm³/mol. The number of hydrogen-bond donors (Lipinski definition) is 1. The van der Waals surface area contributed by atoms with Gasteiger partial charge in [0, 0.05) is 28.9 Å². The van der Waals surface area contributed by atoms with E-state index in [1.807, 2.05) is 32.9 Å². The molecule has 5 rings (SSSR count). The smallest absolute Gasteiger partial charge is 0.331 e. The van der Waals surface area contributed by atoms with E-state index in [0.29, 0.717) is 12.8 Å². The number of esters is 2. The zero-order valence-corrected chi connectivity index (χ0v) is 20.3. The highest BCUT2D eigenvalue weighted by Gasteiger charge is 2.67. The van der Waals surface area contributed by atoms with Crippen LogP contribution < -0.4 is 0 Å². The topological polar surface area (TPSA) is 103 Å². The van der Waals surface area contributed by atoms with Crippen molar-refractivity contribution < 1.29 is 33.4 Å². The summed E-state index contributed by atoms with van der Waals surface area (Å²) in [6.45, 7) is 7.89. The number of carbonyl (C=O) groups is 3. The quantitative estimate of drug-likeness (QED) is 0.671. The van der Waals surface area contributed by atoms with Gasteiger partial charge in [0.05, 0.1) is 31.7 Å². The van der Waals surface area contributed by atoms with Crippen molar-refractivity contribution in [3.05, 3.63) is 47.5 Å². The molecule has 34 heavy (non-hydrogen) atoms. The molecule has 3 aliphatic carbocycles. The number of hydrogen-bond acceptors (Lipinski definition) is 7. The molecule has 0 radical (unpaired) electrons. The second-order valence-electron chi connectivity index (χ2n) is 11.3. The van der Waals surface area contributed by atoms with Gasteiger partial charge in [-0.3, -0.25) is 9.59 Å². The van der Waals surface area contributed by atoms with Crippen LogP contribution >= 0.6 is 0 Å². The third-order valence-electron chi connectivity index (χ3n) is 9.41. The van der Waals surface area contributed by atoms with Crippen molar-refractivity contribution in [3.8, 4) is 0 Å². The molecule has 1 aromatic rings. The van der Waals surface area contributed by atoms with Crippen LogP contribution in [0.1, 0.15) is 58.6 Å². The van der Waals surface area contributed by atoms with Gasteiger partial charge in [-0.1, -0.05) is 33.8 Å². The van der Waals surface area contributed by atoms with Crippen molar-refractivity contribution in [2.75, 3.05) is 7.11 Å². The first-order chi connectivity index (χ1) is 16.0. The van der Waals surface area contributed by atoms with E-state index in [1.165, 1.54) is 7.11 Å². The third kappa shape index (κ3) is 2.88. The summed E-state index contributed by atoms with van der Waals surface area (Å²) < 4.78 is 16.0. The number of methoxy groups -OCH3 is 1. The number of Topliss-reactive ketones (excluding diaryl/α,β-unsaturated/α-hetero) is 1. The minimum absolute atomic E-state index is 0.0315. The molecule has 1 aliphatic heterocycles. The molecule has 2 heterocycles. The molecule has 182 valence electrons. The monoisotopic (exact) mass is 468 g/mol. The molecule has 2 fully saturated rings. The third-order valence-corrected chi connectivity index (χ3v) is 9.41. The molecule has 2 bridgehead atoms. The van der Waals surface area contributed by atoms with E-state index in [-0.39, 0.29) is 18.1 Å². The van der Waals surface area contributed by atoms with E-state index >= 15 is 0 Å². The molecule has 1 N–H and O–H groups in total. The van der Waals surface area contributed by atoms with E-state index in [1.54, 1.807) is 18.6 Å². The number of aliphatic hydroxyl groups excluding tert-OH is 1. The van der Waals surface area contributed by atoms with E-state index in [4.69, 9.17) is 13.9 Å². The van der Waals surface area contributed by atoms with E-state index in [2.05, 4.69) is 6.92 Å². The van der Waals surface area contributed by atoms with Gasteiger partial charge in [0.1, 0.15) is 11.9 Å². The van der Waals surface area contributed by atoms with E-state index < -0.39 is 52.2 Å². The fourth-order valence-corrected chi connectivity index (χ4v) is 7.48. The highest BCUT2D eigenvalue weighted by atomic mass is 16.5. The fraction of sp³-hybridized carbons (Fsp3) is 0.593. The normalized spacial score (nSPS) is 40.4. The molecule has 0 unspecified atom stereocenters. The molecule has 4 aliphatic rings. The second kappa shape index (κ2) is 7.41. The SMILES string of the molecule is COC(=O)C[C@H]1C(C)(C)[C@H](O)[C@@H]2C=C3C4=CC(=O)O[C@@H](c5ccoc5)[C@]4(C)CC[C@@H]3[C@@]1(C)C2=O. The lowest BCUT2D eigenvalue weighted by Gasteiger charge is -2.62. The van der Waals surface area contributed by atoms with E-state index in [9.17, 15) is 19.5 Å². The summed E-state index contributed by atoms with van der Waals surface area (Å²) in [6, 6.07) is 1.81. The molecule has 1 aromatic heterocycles. The van der Waals surface area contributed by atoms with Gasteiger partial charge >= 0.3 is 11.9 Å². The lowest BCUT2D eigenvalue weighted by atomic mass is 9.41. The molecular weight excluding hydrogens is 436 g/mol. The van der Waals surface area contributed by atoms with Gasteiger partial charge < -0.3 is 19.0 Å². The lowest BCUT2D eigenvalue weighted by Crippen LogP contribution is -2.65. The molecule has 7 atom stereocenters. The highest BCUT2D eigenvalue weighted by molar-refractivity contribution is 5.94. The molecular formula is C27H32O7. The number of fused-ring (bicyclic) bond motifs is 6. The van der Waals surface area contributed by atoms with Crippen molar-refractivity contribution in [2.45, 2.75) is 59.2 Å². The zero-order chi connectivity index (χ0) is 24.6. The van der Waals surface area contributed by atoms with Crippen LogP contribution in [0.2, 0.25) is 0 Å². The standard InChI is InChI=1S/C27H32O7/c1-25(2)19(12-20(28)32-5)27(4)17-6-8-26(3)18(15(17)10-16(22(25)30)23(27)31)11-21(29)34-24(26)14-7-9-33-13-14/h7,9-11,13,16-17,19,22,24,30H,6,8,12H2,1-5H3/t16-,17-,19-,22+,24-,26+,27+/m0/s1. The first-order valence-corrected chi connectivity index (χ1v) is 11.9. The lowest BCUT2D eigenvalue weighted by molar-refractivity contribution is -0.178. The van der Waals surface area contributed by atoms with Crippen LogP contribution in [-0.4, -0.2) is 36.0 Å². The Kier molecular flexibility index (Phi) is 5.03. The van der Waals surface area contributed by atoms with Crippen molar-refractivity contribution in [1.29, 1.82) is 0 Å². The summed E-state index contributed by atoms with van der Waals surface area (Å²) in [4.78, 5) is 39.0. The number of furan rings is 1. The summed E-state index contributed by atoms with van der Waals surface area (Å²) in [5, 5.41) is 11.4. The Bertz CT molecular complexity index is 1110. The fourth-order valence-electron chi connectivity index (χ4n) is 7.48. The second-order valence-corrected chi connectivity index (χ2v) is 11.3. The van der Waals surface area contributed by atoms with Crippen LogP contribution in [0.3, 0.4) is 0 Å². The Morgan fingerprint density at radius 2 is 1.97 bits per heavy atom. The van der Waals surface area contributed by atoms with Gasteiger partial charge in [-0.15, -0.1) is 0 Å². The molecule has 2 saturated carbocycles. The van der Waals surface area contributed by atoms with Gasteiger partial charge in [-0.05, 0) is 47.3 Å². The molecule has 0 spiro atoms. The van der Waals surface area contributed by atoms with Gasteiger partial charge in [0.25, 0.3) is 0 Å². The molecule has 7 nitrogen and oxygen atoms in total. The maximum Gasteiger partial charge on any atom is 0.331 e. The van der Waals surface area contributed by atoms with Gasteiger partial charge in [-0.2, -0.15) is 0 Å².